The van der Waals surface area contributed by atoms with Gasteiger partial charge >= 0.3 is 0 Å². The van der Waals surface area contributed by atoms with E-state index in [2.05, 4.69) is 17.1 Å². The van der Waals surface area contributed by atoms with Gasteiger partial charge in [-0.15, -0.1) is 0 Å². The van der Waals surface area contributed by atoms with E-state index in [-0.39, 0.29) is 5.78 Å². The Morgan fingerprint density at radius 3 is 2.32 bits per heavy atom. The van der Waals surface area contributed by atoms with E-state index in [9.17, 15) is 4.79 Å². The van der Waals surface area contributed by atoms with Gasteiger partial charge in [0.15, 0.2) is 5.78 Å². The minimum absolute atomic E-state index is 0.00769. The maximum absolute atomic E-state index is 10.9. The van der Waals surface area contributed by atoms with Gasteiger partial charge < -0.3 is 20.7 Å². The van der Waals surface area contributed by atoms with Gasteiger partial charge in [0.1, 0.15) is 5.75 Å². The number of hydrogen-bond donors (Lipinski definition) is 2. The lowest BCUT2D eigenvalue weighted by molar-refractivity contribution is 0.101. The Hall–Kier alpha value is -1.59. The number of ether oxygens (including phenoxy) is 1. The summed E-state index contributed by atoms with van der Waals surface area (Å²) in [7, 11) is 1.52. The lowest BCUT2D eigenvalue weighted by Crippen LogP contribution is -2.44. The Morgan fingerprint density at radius 1 is 1.10 bits per heavy atom. The van der Waals surface area contributed by atoms with Crippen molar-refractivity contribution in [3.8, 4) is 5.75 Å². The van der Waals surface area contributed by atoms with E-state index in [1.54, 1.807) is 18.2 Å². The standard InChI is InChI=1S/C9H11NO2.C9H18.C8H16N2/c1-6(11)7-3-4-8(10)9(5-7)12-2;1-2-6-9-7-4-3-5-8-9;1-2-8(1)7-10-5-3-9-4-6-10/h3-5H,10H2,1-2H3;9H,2-8H2,1H3;8-9H,1-7H2. The number of nitrogens with zero attached hydrogens (tertiary/aromatic N) is 1. The summed E-state index contributed by atoms with van der Waals surface area (Å²) in [5, 5.41) is 3.37. The molecule has 1 aromatic rings. The lowest BCUT2D eigenvalue weighted by atomic mass is 9.86. The maximum Gasteiger partial charge on any atom is 0.159 e. The highest BCUT2D eigenvalue weighted by molar-refractivity contribution is 5.95. The lowest BCUT2D eigenvalue weighted by Gasteiger charge is -2.26. The number of nitrogens with two attached hydrogens (primary N) is 1. The zero-order valence-electron chi connectivity index (χ0n) is 20.1. The molecule has 3 fully saturated rings. The molecule has 0 spiro atoms. The number of rotatable bonds is 6. The first kappa shape index (κ1) is 25.7. The van der Waals surface area contributed by atoms with E-state index >= 15 is 0 Å². The highest BCUT2D eigenvalue weighted by Crippen LogP contribution is 2.29. The molecule has 176 valence electrons. The summed E-state index contributed by atoms with van der Waals surface area (Å²) in [5.74, 6) is 2.72. The van der Waals surface area contributed by atoms with Crippen LogP contribution in [-0.4, -0.2) is 50.5 Å². The van der Waals surface area contributed by atoms with E-state index in [1.165, 1.54) is 105 Å². The van der Waals surface area contributed by atoms with E-state index < -0.39 is 0 Å². The van der Waals surface area contributed by atoms with Crippen LogP contribution in [0.1, 0.15) is 82.0 Å². The third kappa shape index (κ3) is 10.5. The monoisotopic (exact) mass is 431 g/mol. The van der Waals surface area contributed by atoms with Gasteiger partial charge in [0.2, 0.25) is 0 Å². The highest BCUT2D eigenvalue weighted by Gasteiger charge is 2.24. The maximum atomic E-state index is 10.9. The Bertz CT molecular complexity index is 631. The molecule has 1 saturated heterocycles. The topological polar surface area (TPSA) is 67.6 Å². The first-order valence-electron chi connectivity index (χ1n) is 12.4. The van der Waals surface area contributed by atoms with Crippen LogP contribution in [-0.2, 0) is 0 Å². The fourth-order valence-corrected chi connectivity index (χ4v) is 4.37. The van der Waals surface area contributed by atoms with Crippen molar-refractivity contribution in [2.45, 2.75) is 71.6 Å². The SMILES string of the molecule is C1CN(CC2CC2)CCN1.CCCC1CCCCC1.COc1cc(C(C)=O)ccc1N. The first-order valence-corrected chi connectivity index (χ1v) is 12.4. The molecule has 5 heteroatoms. The molecular weight excluding hydrogens is 386 g/mol. The number of carbonyl (C=O) groups excluding carboxylic acids is 1. The highest BCUT2D eigenvalue weighted by atomic mass is 16.5. The number of benzene rings is 1. The molecule has 3 aliphatic rings. The number of methoxy groups -OCH3 is 1. The minimum atomic E-state index is 0.00769. The molecule has 2 aliphatic carbocycles. The number of ketones is 1. The number of hydrogen-bond acceptors (Lipinski definition) is 5. The van der Waals surface area contributed by atoms with Gasteiger partial charge in [0.05, 0.1) is 12.8 Å². The van der Waals surface area contributed by atoms with Crippen molar-refractivity contribution in [1.29, 1.82) is 0 Å². The minimum Gasteiger partial charge on any atom is -0.495 e. The molecule has 2 saturated carbocycles. The summed E-state index contributed by atoms with van der Waals surface area (Å²) >= 11 is 0. The van der Waals surface area contributed by atoms with Gasteiger partial charge in [-0.2, -0.15) is 0 Å². The zero-order chi connectivity index (χ0) is 22.5. The third-order valence-electron chi connectivity index (χ3n) is 6.48. The van der Waals surface area contributed by atoms with Gasteiger partial charge in [-0.1, -0.05) is 51.9 Å². The van der Waals surface area contributed by atoms with Gasteiger partial charge in [0, 0.05) is 38.3 Å². The third-order valence-corrected chi connectivity index (χ3v) is 6.48. The second-order valence-electron chi connectivity index (χ2n) is 9.30. The van der Waals surface area contributed by atoms with Gasteiger partial charge in [-0.25, -0.2) is 0 Å². The number of carbonyl (C=O) groups is 1. The van der Waals surface area contributed by atoms with E-state index in [1.807, 2.05) is 0 Å². The molecule has 31 heavy (non-hydrogen) atoms. The number of piperazine rings is 1. The Balaban J connectivity index is 0.000000167. The first-order chi connectivity index (χ1) is 15.0. The number of nitrogens with one attached hydrogen (secondary N) is 1. The molecule has 0 unspecified atom stereocenters. The molecule has 1 aliphatic heterocycles. The van der Waals surface area contributed by atoms with Crippen LogP contribution in [0.2, 0.25) is 0 Å². The van der Waals surface area contributed by atoms with Crippen molar-refractivity contribution in [2.75, 3.05) is 45.6 Å². The van der Waals surface area contributed by atoms with Crippen molar-refractivity contribution in [2.24, 2.45) is 11.8 Å². The van der Waals surface area contributed by atoms with Crippen LogP contribution >= 0.6 is 0 Å². The molecule has 0 amide bonds. The largest absolute Gasteiger partial charge is 0.495 e. The van der Waals surface area contributed by atoms with Crippen molar-refractivity contribution in [1.82, 2.24) is 10.2 Å². The summed E-state index contributed by atoms with van der Waals surface area (Å²) in [6.45, 7) is 10.1. The normalized spacial score (nSPS) is 19.5. The number of nitrogen functional groups attached to an aromatic ring is 1. The van der Waals surface area contributed by atoms with Crippen molar-refractivity contribution < 1.29 is 9.53 Å². The van der Waals surface area contributed by atoms with Crippen LogP contribution in [0.5, 0.6) is 5.75 Å². The van der Waals surface area contributed by atoms with Crippen LogP contribution in [0, 0.1) is 11.8 Å². The van der Waals surface area contributed by atoms with Crippen molar-refractivity contribution >= 4 is 11.5 Å². The Kier molecular flexibility index (Phi) is 12.0. The van der Waals surface area contributed by atoms with Gasteiger partial charge in [-0.3, -0.25) is 4.79 Å². The summed E-state index contributed by atoms with van der Waals surface area (Å²) in [4.78, 5) is 13.5. The molecule has 0 bridgehead atoms. The average Bonchev–Trinajstić information content (AvgIpc) is 3.60. The molecule has 1 aromatic carbocycles. The predicted molar refractivity (Wildman–Crippen MR) is 131 cm³/mol. The number of anilines is 1. The molecule has 3 N–H and O–H groups in total. The van der Waals surface area contributed by atoms with Crippen LogP contribution in [0.25, 0.3) is 0 Å². The quantitative estimate of drug-likeness (QED) is 0.482. The van der Waals surface area contributed by atoms with E-state index in [4.69, 9.17) is 10.5 Å². The smallest absolute Gasteiger partial charge is 0.159 e. The van der Waals surface area contributed by atoms with Crippen LogP contribution in [0.15, 0.2) is 18.2 Å². The number of Topliss-reactive ketones (excluding diaryl/α,β-unsaturated/α-hetero) is 1. The van der Waals surface area contributed by atoms with Crippen LogP contribution in [0.4, 0.5) is 5.69 Å². The fourth-order valence-electron chi connectivity index (χ4n) is 4.37. The molecule has 1 heterocycles. The summed E-state index contributed by atoms with van der Waals surface area (Å²) in [5.41, 5.74) is 6.72. The summed E-state index contributed by atoms with van der Waals surface area (Å²) < 4.78 is 4.96. The Morgan fingerprint density at radius 2 is 1.77 bits per heavy atom. The zero-order valence-corrected chi connectivity index (χ0v) is 20.1. The average molecular weight is 432 g/mol. The molecular formula is C26H45N3O2. The predicted octanol–water partition coefficient (Wildman–Crippen LogP) is 5.15. The summed E-state index contributed by atoms with van der Waals surface area (Å²) in [6, 6.07) is 4.98. The molecule has 0 radical (unpaired) electrons. The summed E-state index contributed by atoms with van der Waals surface area (Å²) in [6.07, 6.45) is 13.4. The van der Waals surface area contributed by atoms with Crippen LogP contribution in [0.3, 0.4) is 0 Å². The van der Waals surface area contributed by atoms with Crippen LogP contribution < -0.4 is 15.8 Å². The van der Waals surface area contributed by atoms with E-state index in [0.29, 0.717) is 17.0 Å². The fraction of sp³-hybridized carbons (Fsp3) is 0.731. The molecule has 5 nitrogen and oxygen atoms in total. The van der Waals surface area contributed by atoms with Gasteiger partial charge in [-0.05, 0) is 49.8 Å². The molecule has 4 rings (SSSR count). The van der Waals surface area contributed by atoms with E-state index in [0.717, 1.165) is 11.8 Å². The van der Waals surface area contributed by atoms with Crippen molar-refractivity contribution in [3.05, 3.63) is 23.8 Å². The molecule has 0 atom stereocenters. The van der Waals surface area contributed by atoms with Crippen molar-refractivity contribution in [3.63, 3.8) is 0 Å². The Labute approximate surface area is 190 Å². The second kappa shape index (κ2) is 14.5. The molecule has 0 aromatic heterocycles. The second-order valence-corrected chi connectivity index (χ2v) is 9.30. The van der Waals surface area contributed by atoms with Gasteiger partial charge in [0.25, 0.3) is 0 Å².